The molecule has 5 heteroatoms. The van der Waals surface area contributed by atoms with Crippen LogP contribution in [0.1, 0.15) is 46.4 Å². The molecule has 0 saturated heterocycles. The van der Waals surface area contributed by atoms with Crippen molar-refractivity contribution in [3.8, 4) is 16.9 Å². The summed E-state index contributed by atoms with van der Waals surface area (Å²) < 4.78 is 5.39. The lowest BCUT2D eigenvalue weighted by atomic mass is 9.99. The minimum atomic E-state index is -0.501. The molecule has 0 heterocycles. The second-order valence-electron chi connectivity index (χ2n) is 6.31. The first-order valence-electron chi connectivity index (χ1n) is 8.47. The molecular formula is C20H22N2O3. The maximum Gasteiger partial charge on any atom is 0.251 e. The van der Waals surface area contributed by atoms with Crippen molar-refractivity contribution >= 4 is 11.8 Å². The van der Waals surface area contributed by atoms with Crippen LogP contribution in [-0.2, 0) is 0 Å². The predicted molar refractivity (Wildman–Crippen MR) is 96.7 cm³/mol. The van der Waals surface area contributed by atoms with Crippen LogP contribution in [-0.4, -0.2) is 25.0 Å². The van der Waals surface area contributed by atoms with Gasteiger partial charge in [-0.1, -0.05) is 25.0 Å². The van der Waals surface area contributed by atoms with Crippen molar-refractivity contribution < 1.29 is 14.3 Å². The number of benzene rings is 2. The van der Waals surface area contributed by atoms with E-state index in [2.05, 4.69) is 5.32 Å². The molecular weight excluding hydrogens is 316 g/mol. The molecule has 5 nitrogen and oxygen atoms in total. The van der Waals surface area contributed by atoms with Gasteiger partial charge in [-0.15, -0.1) is 0 Å². The number of amides is 2. The van der Waals surface area contributed by atoms with Crippen LogP contribution in [0.5, 0.6) is 5.75 Å². The van der Waals surface area contributed by atoms with Crippen LogP contribution < -0.4 is 15.8 Å². The second-order valence-corrected chi connectivity index (χ2v) is 6.31. The second kappa shape index (κ2) is 7.38. The molecule has 0 atom stereocenters. The number of carbonyl (C=O) groups excluding carboxylic acids is 2. The molecule has 1 aliphatic carbocycles. The Balaban J connectivity index is 1.91. The van der Waals surface area contributed by atoms with Gasteiger partial charge >= 0.3 is 0 Å². The van der Waals surface area contributed by atoms with Crippen molar-refractivity contribution in [2.45, 2.75) is 31.7 Å². The zero-order chi connectivity index (χ0) is 17.8. The number of nitrogens with one attached hydrogen (secondary N) is 1. The van der Waals surface area contributed by atoms with E-state index >= 15 is 0 Å². The molecule has 0 radical (unpaired) electrons. The number of nitrogens with two attached hydrogens (primary N) is 1. The third-order valence-corrected chi connectivity index (χ3v) is 4.61. The molecule has 0 spiro atoms. The van der Waals surface area contributed by atoms with Crippen molar-refractivity contribution in [1.29, 1.82) is 0 Å². The summed E-state index contributed by atoms with van der Waals surface area (Å²) in [5.74, 6) is 0.0520. The van der Waals surface area contributed by atoms with Crippen LogP contribution in [0.3, 0.4) is 0 Å². The number of methoxy groups -OCH3 is 1. The molecule has 1 fully saturated rings. The third-order valence-electron chi connectivity index (χ3n) is 4.61. The smallest absolute Gasteiger partial charge is 0.251 e. The molecule has 2 aromatic rings. The Labute approximate surface area is 147 Å². The fourth-order valence-electron chi connectivity index (χ4n) is 3.25. The summed E-state index contributed by atoms with van der Waals surface area (Å²) in [6, 6.07) is 12.6. The Morgan fingerprint density at radius 3 is 2.52 bits per heavy atom. The molecule has 0 unspecified atom stereocenters. The summed E-state index contributed by atoms with van der Waals surface area (Å²) in [4.78, 5) is 24.0. The Morgan fingerprint density at radius 2 is 1.84 bits per heavy atom. The van der Waals surface area contributed by atoms with E-state index in [4.69, 9.17) is 10.5 Å². The van der Waals surface area contributed by atoms with Gasteiger partial charge in [0.2, 0.25) is 5.91 Å². The number of hydrogen-bond acceptors (Lipinski definition) is 3. The van der Waals surface area contributed by atoms with Crippen LogP contribution in [0.25, 0.3) is 11.1 Å². The van der Waals surface area contributed by atoms with Gasteiger partial charge in [0.05, 0.1) is 7.11 Å². The normalized spacial score (nSPS) is 14.3. The average molecular weight is 338 g/mol. The maximum atomic E-state index is 12.5. The summed E-state index contributed by atoms with van der Waals surface area (Å²) in [7, 11) is 1.57. The average Bonchev–Trinajstić information content (AvgIpc) is 3.14. The highest BCUT2D eigenvalue weighted by atomic mass is 16.5. The number of primary amides is 1. The van der Waals surface area contributed by atoms with Gasteiger partial charge in [0.25, 0.3) is 5.91 Å². The lowest BCUT2D eigenvalue weighted by Gasteiger charge is -2.14. The molecule has 1 saturated carbocycles. The lowest BCUT2D eigenvalue weighted by Crippen LogP contribution is -2.32. The fourth-order valence-corrected chi connectivity index (χ4v) is 3.25. The molecule has 1 aliphatic rings. The Hall–Kier alpha value is -2.82. The Kier molecular flexibility index (Phi) is 5.03. The SMILES string of the molecule is COc1ccc(C(N)=O)cc1-c1cccc(C(=O)NC2CCCC2)c1. The van der Waals surface area contributed by atoms with Gasteiger partial charge < -0.3 is 15.8 Å². The van der Waals surface area contributed by atoms with Crippen LogP contribution in [0.2, 0.25) is 0 Å². The van der Waals surface area contributed by atoms with E-state index in [1.807, 2.05) is 18.2 Å². The van der Waals surface area contributed by atoms with Crippen molar-refractivity contribution in [1.82, 2.24) is 5.32 Å². The third kappa shape index (κ3) is 3.82. The van der Waals surface area contributed by atoms with E-state index in [1.54, 1.807) is 31.4 Å². The zero-order valence-corrected chi connectivity index (χ0v) is 14.2. The van der Waals surface area contributed by atoms with Crippen LogP contribution >= 0.6 is 0 Å². The maximum absolute atomic E-state index is 12.5. The van der Waals surface area contributed by atoms with Gasteiger partial charge in [0.1, 0.15) is 5.75 Å². The highest BCUT2D eigenvalue weighted by Crippen LogP contribution is 2.31. The van der Waals surface area contributed by atoms with E-state index in [0.29, 0.717) is 16.9 Å². The lowest BCUT2D eigenvalue weighted by molar-refractivity contribution is 0.0936. The first-order valence-corrected chi connectivity index (χ1v) is 8.47. The molecule has 25 heavy (non-hydrogen) atoms. The first kappa shape index (κ1) is 17.0. The molecule has 0 aromatic heterocycles. The van der Waals surface area contributed by atoms with Gasteiger partial charge in [0.15, 0.2) is 0 Å². The summed E-state index contributed by atoms with van der Waals surface area (Å²) in [5, 5.41) is 3.09. The van der Waals surface area contributed by atoms with Gasteiger partial charge in [0, 0.05) is 22.7 Å². The van der Waals surface area contributed by atoms with E-state index in [9.17, 15) is 9.59 Å². The topological polar surface area (TPSA) is 81.4 Å². The van der Waals surface area contributed by atoms with Crippen molar-refractivity contribution in [2.75, 3.05) is 7.11 Å². The summed E-state index contributed by atoms with van der Waals surface area (Å²) in [6.45, 7) is 0. The van der Waals surface area contributed by atoms with E-state index in [-0.39, 0.29) is 11.9 Å². The molecule has 130 valence electrons. The number of hydrogen-bond donors (Lipinski definition) is 2. The van der Waals surface area contributed by atoms with Crippen molar-refractivity contribution in [3.63, 3.8) is 0 Å². The van der Waals surface area contributed by atoms with Crippen molar-refractivity contribution in [3.05, 3.63) is 53.6 Å². The van der Waals surface area contributed by atoms with E-state index in [1.165, 1.54) is 12.8 Å². The molecule has 3 rings (SSSR count). The van der Waals surface area contributed by atoms with E-state index in [0.717, 1.165) is 24.0 Å². The quantitative estimate of drug-likeness (QED) is 0.879. The summed E-state index contributed by atoms with van der Waals surface area (Å²) >= 11 is 0. The van der Waals surface area contributed by atoms with E-state index < -0.39 is 5.91 Å². The molecule has 0 bridgehead atoms. The summed E-state index contributed by atoms with van der Waals surface area (Å²) in [5.41, 5.74) is 7.91. The van der Waals surface area contributed by atoms with Crippen molar-refractivity contribution in [2.24, 2.45) is 5.73 Å². The Bertz CT molecular complexity index is 795. The number of rotatable bonds is 5. The largest absolute Gasteiger partial charge is 0.496 e. The van der Waals surface area contributed by atoms with Gasteiger partial charge in [-0.25, -0.2) is 0 Å². The number of ether oxygens (including phenoxy) is 1. The fraction of sp³-hybridized carbons (Fsp3) is 0.300. The molecule has 0 aliphatic heterocycles. The van der Waals surface area contributed by atoms with Gasteiger partial charge in [-0.05, 0) is 48.7 Å². The highest BCUT2D eigenvalue weighted by Gasteiger charge is 2.18. The van der Waals surface area contributed by atoms with Crippen LogP contribution in [0.4, 0.5) is 0 Å². The molecule has 2 amide bonds. The minimum absolute atomic E-state index is 0.0706. The predicted octanol–water partition coefficient (Wildman–Crippen LogP) is 3.13. The monoisotopic (exact) mass is 338 g/mol. The first-order chi connectivity index (χ1) is 12.1. The highest BCUT2D eigenvalue weighted by molar-refractivity contribution is 5.97. The van der Waals surface area contributed by atoms with Crippen LogP contribution in [0, 0.1) is 0 Å². The Morgan fingerprint density at radius 1 is 1.08 bits per heavy atom. The molecule has 2 aromatic carbocycles. The van der Waals surface area contributed by atoms with Crippen LogP contribution in [0.15, 0.2) is 42.5 Å². The number of carbonyl (C=O) groups is 2. The minimum Gasteiger partial charge on any atom is -0.496 e. The van der Waals surface area contributed by atoms with Gasteiger partial charge in [-0.3, -0.25) is 9.59 Å². The summed E-state index contributed by atoms with van der Waals surface area (Å²) in [6.07, 6.45) is 4.42. The van der Waals surface area contributed by atoms with Gasteiger partial charge in [-0.2, -0.15) is 0 Å². The molecule has 3 N–H and O–H groups in total. The standard InChI is InChI=1S/C20H22N2O3/c1-25-18-10-9-14(19(21)23)12-17(18)13-5-4-6-15(11-13)20(24)22-16-7-2-3-8-16/h4-6,9-12,16H,2-3,7-8H2,1H3,(H2,21,23)(H,22,24). The zero-order valence-electron chi connectivity index (χ0n) is 14.2.